The van der Waals surface area contributed by atoms with Gasteiger partial charge in [-0.05, 0) is 31.2 Å². The van der Waals surface area contributed by atoms with E-state index < -0.39 is 5.82 Å². The van der Waals surface area contributed by atoms with Crippen molar-refractivity contribution >= 4 is 0 Å². The van der Waals surface area contributed by atoms with Crippen LogP contribution in [0, 0.1) is 5.82 Å². The van der Waals surface area contributed by atoms with E-state index in [0.717, 1.165) is 12.1 Å². The average molecular weight is 183 g/mol. The van der Waals surface area contributed by atoms with Gasteiger partial charge >= 0.3 is 0 Å². The lowest BCUT2D eigenvalue weighted by Crippen LogP contribution is -2.17. The van der Waals surface area contributed by atoms with E-state index in [4.69, 9.17) is 5.11 Å². The number of rotatable bonds is 3. The van der Waals surface area contributed by atoms with Crippen LogP contribution in [0.4, 0.5) is 4.39 Å². The predicted octanol–water partition coefficient (Wildman–Crippen LogP) is 2.20. The summed E-state index contributed by atoms with van der Waals surface area (Å²) in [5.74, 6) is -0.866. The first-order valence-corrected chi connectivity index (χ1v) is 4.37. The maximum absolute atomic E-state index is 12.9. The van der Waals surface area contributed by atoms with Gasteiger partial charge in [0.1, 0.15) is 0 Å². The van der Waals surface area contributed by atoms with Crippen LogP contribution in [0.2, 0.25) is 0 Å². The van der Waals surface area contributed by atoms with Gasteiger partial charge < -0.3 is 10.4 Å². The lowest BCUT2D eigenvalue weighted by molar-refractivity contribution is 0.430. The normalized spacial score (nSPS) is 12.8. The Morgan fingerprint density at radius 3 is 2.77 bits per heavy atom. The van der Waals surface area contributed by atoms with Gasteiger partial charge in [0.05, 0.1) is 0 Å². The largest absolute Gasteiger partial charge is 0.505 e. The molecule has 0 heterocycles. The Balaban J connectivity index is 2.84. The molecule has 0 spiro atoms. The molecule has 72 valence electrons. The van der Waals surface area contributed by atoms with Gasteiger partial charge in [0.2, 0.25) is 0 Å². The van der Waals surface area contributed by atoms with Gasteiger partial charge in [-0.15, -0.1) is 0 Å². The Morgan fingerprint density at radius 1 is 1.54 bits per heavy atom. The summed E-state index contributed by atoms with van der Waals surface area (Å²) in [4.78, 5) is 0. The molecule has 0 aliphatic carbocycles. The molecule has 1 rings (SSSR count). The third kappa shape index (κ3) is 2.42. The molecule has 0 fully saturated rings. The van der Waals surface area contributed by atoms with E-state index in [1.54, 1.807) is 6.07 Å². The fraction of sp³-hybridized carbons (Fsp3) is 0.400. The van der Waals surface area contributed by atoms with Crippen LogP contribution in [0.1, 0.15) is 25.5 Å². The van der Waals surface area contributed by atoms with Crippen molar-refractivity contribution in [2.45, 2.75) is 19.9 Å². The number of nitrogens with one attached hydrogen (secondary N) is 1. The maximum Gasteiger partial charge on any atom is 0.165 e. The van der Waals surface area contributed by atoms with Gasteiger partial charge in [-0.25, -0.2) is 4.39 Å². The second-order valence-corrected chi connectivity index (χ2v) is 2.99. The van der Waals surface area contributed by atoms with E-state index in [1.807, 2.05) is 13.8 Å². The van der Waals surface area contributed by atoms with Crippen LogP contribution in [0.15, 0.2) is 18.2 Å². The van der Waals surface area contributed by atoms with E-state index in [0.29, 0.717) is 0 Å². The molecule has 0 aliphatic heterocycles. The summed E-state index contributed by atoms with van der Waals surface area (Å²) in [6.07, 6.45) is 0. The van der Waals surface area contributed by atoms with Gasteiger partial charge in [0.25, 0.3) is 0 Å². The second-order valence-electron chi connectivity index (χ2n) is 2.99. The highest BCUT2D eigenvalue weighted by Gasteiger charge is 2.06. The molecular formula is C10H14FNO. The second kappa shape index (κ2) is 4.23. The zero-order valence-corrected chi connectivity index (χ0v) is 7.84. The van der Waals surface area contributed by atoms with Crippen molar-refractivity contribution in [3.63, 3.8) is 0 Å². The smallest absolute Gasteiger partial charge is 0.165 e. The lowest BCUT2D eigenvalue weighted by Gasteiger charge is -2.12. The molecule has 2 nitrogen and oxygen atoms in total. The molecule has 1 unspecified atom stereocenters. The van der Waals surface area contributed by atoms with Crippen molar-refractivity contribution in [3.8, 4) is 5.75 Å². The predicted molar refractivity (Wildman–Crippen MR) is 50.2 cm³/mol. The van der Waals surface area contributed by atoms with Crippen LogP contribution in [0.3, 0.4) is 0 Å². The Morgan fingerprint density at radius 2 is 2.23 bits per heavy atom. The summed E-state index contributed by atoms with van der Waals surface area (Å²) in [5, 5.41) is 12.1. The molecule has 3 heteroatoms. The van der Waals surface area contributed by atoms with Gasteiger partial charge in [0.15, 0.2) is 11.6 Å². The first-order valence-electron chi connectivity index (χ1n) is 4.37. The molecule has 0 aromatic heterocycles. The summed E-state index contributed by atoms with van der Waals surface area (Å²) in [6.45, 7) is 4.78. The molecule has 13 heavy (non-hydrogen) atoms. The third-order valence-electron chi connectivity index (χ3n) is 1.98. The zero-order valence-electron chi connectivity index (χ0n) is 7.84. The highest BCUT2D eigenvalue weighted by Crippen LogP contribution is 2.20. The van der Waals surface area contributed by atoms with Crippen LogP contribution >= 0.6 is 0 Å². The van der Waals surface area contributed by atoms with Crippen molar-refractivity contribution in [3.05, 3.63) is 29.6 Å². The Bertz CT molecular complexity index is 288. The Labute approximate surface area is 77.4 Å². The van der Waals surface area contributed by atoms with Crippen molar-refractivity contribution < 1.29 is 9.50 Å². The van der Waals surface area contributed by atoms with Crippen molar-refractivity contribution in [1.29, 1.82) is 0 Å². The van der Waals surface area contributed by atoms with Crippen LogP contribution in [0.25, 0.3) is 0 Å². The fourth-order valence-electron chi connectivity index (χ4n) is 1.22. The third-order valence-corrected chi connectivity index (χ3v) is 1.98. The molecule has 2 N–H and O–H groups in total. The Kier molecular flexibility index (Phi) is 3.25. The number of halogens is 1. The minimum atomic E-state index is -0.567. The number of hydrogen-bond acceptors (Lipinski definition) is 2. The molecule has 0 saturated carbocycles. The average Bonchev–Trinajstić information content (AvgIpc) is 2.10. The number of hydrogen-bond donors (Lipinski definition) is 2. The minimum Gasteiger partial charge on any atom is -0.505 e. The molecule has 0 radical (unpaired) electrons. The monoisotopic (exact) mass is 183 g/mol. The summed E-state index contributed by atoms with van der Waals surface area (Å²) < 4.78 is 12.9. The molecule has 0 amide bonds. The van der Waals surface area contributed by atoms with Gasteiger partial charge in [-0.1, -0.05) is 13.0 Å². The topological polar surface area (TPSA) is 32.3 Å². The molecule has 1 aromatic carbocycles. The lowest BCUT2D eigenvalue weighted by atomic mass is 10.1. The van der Waals surface area contributed by atoms with Crippen molar-refractivity contribution in [2.24, 2.45) is 0 Å². The number of phenols is 1. The standard InChI is InChI=1S/C10H14FNO/c1-3-12-7(2)8-4-5-10(13)9(11)6-8/h4-7,12-13H,3H2,1-2H3. The van der Waals surface area contributed by atoms with Crippen LogP contribution < -0.4 is 5.32 Å². The van der Waals surface area contributed by atoms with Crippen molar-refractivity contribution in [2.75, 3.05) is 6.54 Å². The van der Waals surface area contributed by atoms with Crippen LogP contribution in [0.5, 0.6) is 5.75 Å². The first kappa shape index (κ1) is 9.99. The summed E-state index contributed by atoms with van der Waals surface area (Å²) in [7, 11) is 0. The van der Waals surface area contributed by atoms with Gasteiger partial charge in [0, 0.05) is 6.04 Å². The summed E-state index contributed by atoms with van der Waals surface area (Å²) in [5.41, 5.74) is 0.845. The van der Waals surface area contributed by atoms with Gasteiger partial charge in [-0.2, -0.15) is 0 Å². The van der Waals surface area contributed by atoms with Crippen LogP contribution in [-0.2, 0) is 0 Å². The molecule has 1 atom stereocenters. The first-order chi connectivity index (χ1) is 6.15. The summed E-state index contributed by atoms with van der Waals surface area (Å²) in [6, 6.07) is 4.55. The molecule has 0 aliphatic rings. The number of aromatic hydroxyl groups is 1. The number of benzene rings is 1. The van der Waals surface area contributed by atoms with E-state index >= 15 is 0 Å². The van der Waals surface area contributed by atoms with E-state index in [1.165, 1.54) is 12.1 Å². The van der Waals surface area contributed by atoms with E-state index in [2.05, 4.69) is 5.32 Å². The van der Waals surface area contributed by atoms with E-state index in [9.17, 15) is 4.39 Å². The highest BCUT2D eigenvalue weighted by molar-refractivity contribution is 5.29. The quantitative estimate of drug-likeness (QED) is 0.753. The van der Waals surface area contributed by atoms with E-state index in [-0.39, 0.29) is 11.8 Å². The minimum absolute atomic E-state index is 0.111. The fourth-order valence-corrected chi connectivity index (χ4v) is 1.22. The molecule has 1 aromatic rings. The van der Waals surface area contributed by atoms with Gasteiger partial charge in [-0.3, -0.25) is 0 Å². The highest BCUT2D eigenvalue weighted by atomic mass is 19.1. The molecular weight excluding hydrogens is 169 g/mol. The maximum atomic E-state index is 12.9. The molecule has 0 bridgehead atoms. The van der Waals surface area contributed by atoms with Crippen LogP contribution in [-0.4, -0.2) is 11.7 Å². The van der Waals surface area contributed by atoms with Crippen molar-refractivity contribution in [1.82, 2.24) is 5.32 Å². The summed E-state index contributed by atoms with van der Waals surface area (Å²) >= 11 is 0. The SMILES string of the molecule is CCNC(C)c1ccc(O)c(F)c1. The zero-order chi connectivity index (χ0) is 9.84. The Hall–Kier alpha value is -1.09. The molecule has 0 saturated heterocycles. The number of phenolic OH excluding ortho intramolecular Hbond substituents is 1.